The van der Waals surface area contributed by atoms with Crippen molar-refractivity contribution in [2.24, 2.45) is 0 Å². The van der Waals surface area contributed by atoms with E-state index >= 15 is 0 Å². The van der Waals surface area contributed by atoms with Crippen molar-refractivity contribution in [3.63, 3.8) is 0 Å². The van der Waals surface area contributed by atoms with E-state index in [2.05, 4.69) is 9.97 Å². The zero-order chi connectivity index (χ0) is 16.0. The van der Waals surface area contributed by atoms with Crippen molar-refractivity contribution in [1.29, 1.82) is 0 Å². The molecule has 112 valence electrons. The molecule has 0 spiro atoms. The number of fused-ring (bicyclic) bond motifs is 4. The first-order valence-electron chi connectivity index (χ1n) is 7.10. The number of rotatable bonds is 2. The largest absolute Gasteiger partial charge is 1.00 e. The van der Waals surface area contributed by atoms with Crippen LogP contribution in [0, 0.1) is 0 Å². The standard InChI is InChI=1S/C18H13N3O2.Na/c1-23-11-6-7-14-15(9-11)21-16-12-5-3-2-4-10(12)8-13(18(19)22)17(16)20-14;/h2-9H,1H3,(H2,19,22);/q;+1/p-1. The molecule has 0 aliphatic rings. The van der Waals surface area contributed by atoms with Crippen molar-refractivity contribution in [2.45, 2.75) is 0 Å². The molecule has 1 heterocycles. The molecule has 1 amide bonds. The maximum Gasteiger partial charge on any atom is 1.00 e. The van der Waals surface area contributed by atoms with Crippen LogP contribution in [-0.4, -0.2) is 23.0 Å². The van der Waals surface area contributed by atoms with Gasteiger partial charge in [0.05, 0.1) is 35.1 Å². The molecule has 0 aliphatic heterocycles. The first-order chi connectivity index (χ1) is 11.2. The van der Waals surface area contributed by atoms with E-state index in [1.807, 2.05) is 30.3 Å². The van der Waals surface area contributed by atoms with E-state index in [1.165, 1.54) is 0 Å². The average Bonchev–Trinajstić information content (AvgIpc) is 2.58. The Morgan fingerprint density at radius 1 is 1.00 bits per heavy atom. The van der Waals surface area contributed by atoms with Crippen LogP contribution in [0.25, 0.3) is 38.6 Å². The monoisotopic (exact) mass is 325 g/mol. The molecule has 0 unspecified atom stereocenters. The summed E-state index contributed by atoms with van der Waals surface area (Å²) in [5.41, 5.74) is 10.2. The predicted octanol–water partition coefficient (Wildman–Crippen LogP) is 1.14. The molecule has 0 fully saturated rings. The minimum Gasteiger partial charge on any atom is -0.663 e. The van der Waals surface area contributed by atoms with E-state index in [9.17, 15) is 4.79 Å². The second-order valence-electron chi connectivity index (χ2n) is 5.25. The number of carbonyl (C=O) groups is 1. The summed E-state index contributed by atoms with van der Waals surface area (Å²) in [5.74, 6) is -0.0638. The van der Waals surface area contributed by atoms with Gasteiger partial charge in [-0.1, -0.05) is 24.3 Å². The maximum absolute atomic E-state index is 11.7. The molecular weight excluding hydrogens is 313 g/mol. The third kappa shape index (κ3) is 2.60. The topological polar surface area (TPSA) is 75.9 Å². The van der Waals surface area contributed by atoms with Crippen LogP contribution in [0.1, 0.15) is 10.4 Å². The van der Waals surface area contributed by atoms with E-state index in [0.29, 0.717) is 27.8 Å². The number of aromatic nitrogens is 2. The van der Waals surface area contributed by atoms with Gasteiger partial charge in [-0.05, 0) is 23.6 Å². The van der Waals surface area contributed by atoms with Crippen LogP contribution < -0.4 is 34.3 Å². The molecule has 0 atom stereocenters. The molecule has 0 radical (unpaired) electrons. The normalized spacial score (nSPS) is 10.7. The van der Waals surface area contributed by atoms with Crippen LogP contribution in [0.15, 0.2) is 48.5 Å². The Morgan fingerprint density at radius 3 is 2.50 bits per heavy atom. The number of carbonyl (C=O) groups excluding carboxylic acids is 1. The number of benzene rings is 3. The fraction of sp³-hybridized carbons (Fsp3) is 0.0556. The molecule has 0 aliphatic carbocycles. The number of hydrogen-bond acceptors (Lipinski definition) is 4. The molecule has 5 nitrogen and oxygen atoms in total. The fourth-order valence-corrected chi connectivity index (χ4v) is 2.77. The Labute approximate surface area is 160 Å². The Kier molecular flexibility index (Phi) is 4.41. The first-order valence-corrected chi connectivity index (χ1v) is 7.10. The number of ether oxygens (including phenoxy) is 1. The summed E-state index contributed by atoms with van der Waals surface area (Å²) in [6, 6.07) is 14.8. The molecule has 3 aromatic carbocycles. The third-order valence-corrected chi connectivity index (χ3v) is 3.89. The van der Waals surface area contributed by atoms with Crippen molar-refractivity contribution >= 4 is 38.7 Å². The molecule has 1 N–H and O–H groups in total. The summed E-state index contributed by atoms with van der Waals surface area (Å²) < 4.78 is 5.23. The van der Waals surface area contributed by atoms with Gasteiger partial charge < -0.3 is 15.3 Å². The van der Waals surface area contributed by atoms with Crippen molar-refractivity contribution in [1.82, 2.24) is 9.97 Å². The molecule has 4 rings (SSSR count). The van der Waals surface area contributed by atoms with E-state index in [4.69, 9.17) is 10.5 Å². The molecule has 1 aromatic heterocycles. The van der Waals surface area contributed by atoms with Crippen LogP contribution in [0.5, 0.6) is 5.75 Å². The second-order valence-corrected chi connectivity index (χ2v) is 5.25. The molecule has 4 aromatic rings. The van der Waals surface area contributed by atoms with Crippen molar-refractivity contribution in [2.75, 3.05) is 7.11 Å². The van der Waals surface area contributed by atoms with Crippen LogP contribution >= 0.6 is 0 Å². The number of amides is 1. The number of nitrogens with one attached hydrogen (secondary N) is 1. The van der Waals surface area contributed by atoms with E-state index in [0.717, 1.165) is 10.8 Å². The molecule has 0 bridgehead atoms. The zero-order valence-corrected chi connectivity index (χ0v) is 15.3. The number of nitrogens with zero attached hydrogens (tertiary/aromatic N) is 2. The number of methoxy groups -OCH3 is 1. The van der Waals surface area contributed by atoms with Gasteiger partial charge >= 0.3 is 29.6 Å². The smallest absolute Gasteiger partial charge is 0.663 e. The third-order valence-electron chi connectivity index (χ3n) is 3.89. The second kappa shape index (κ2) is 6.36. The van der Waals surface area contributed by atoms with Gasteiger partial charge in [-0.2, -0.15) is 0 Å². The Balaban J connectivity index is 0.00000169. The minimum atomic E-state index is -0.761. The van der Waals surface area contributed by atoms with Gasteiger partial charge in [-0.25, -0.2) is 9.97 Å². The summed E-state index contributed by atoms with van der Waals surface area (Å²) in [5, 5.41) is 1.77. The molecule has 24 heavy (non-hydrogen) atoms. The quantitative estimate of drug-likeness (QED) is 0.315. The molecule has 0 saturated heterocycles. The summed E-state index contributed by atoms with van der Waals surface area (Å²) in [6.07, 6.45) is 0. The zero-order valence-electron chi connectivity index (χ0n) is 13.3. The Bertz CT molecular complexity index is 1100. The SMILES string of the molecule is COc1ccc2nc3c(C([NH-])=O)cc4ccccc4c3nc2c1.[Na+]. The molecule has 0 saturated carbocycles. The van der Waals surface area contributed by atoms with Gasteiger partial charge in [0, 0.05) is 17.0 Å². The van der Waals surface area contributed by atoms with Gasteiger partial charge in [0.2, 0.25) is 0 Å². The van der Waals surface area contributed by atoms with Gasteiger partial charge in [-0.15, -0.1) is 0 Å². The summed E-state index contributed by atoms with van der Waals surface area (Å²) in [4.78, 5) is 21.0. The Hall–Kier alpha value is -2.21. The van der Waals surface area contributed by atoms with Crippen molar-refractivity contribution in [3.05, 3.63) is 59.8 Å². The van der Waals surface area contributed by atoms with Gasteiger partial charge in [0.1, 0.15) is 5.75 Å². The van der Waals surface area contributed by atoms with E-state index < -0.39 is 5.91 Å². The average molecular weight is 325 g/mol. The fourth-order valence-electron chi connectivity index (χ4n) is 2.77. The van der Waals surface area contributed by atoms with E-state index in [1.54, 1.807) is 25.3 Å². The van der Waals surface area contributed by atoms with Gasteiger partial charge in [0.25, 0.3) is 0 Å². The van der Waals surface area contributed by atoms with Crippen LogP contribution in [0.3, 0.4) is 0 Å². The minimum absolute atomic E-state index is 0. The summed E-state index contributed by atoms with van der Waals surface area (Å²) >= 11 is 0. The van der Waals surface area contributed by atoms with E-state index in [-0.39, 0.29) is 35.1 Å². The summed E-state index contributed by atoms with van der Waals surface area (Å²) in [6.45, 7) is 0. The van der Waals surface area contributed by atoms with Crippen LogP contribution in [0.2, 0.25) is 0 Å². The summed E-state index contributed by atoms with van der Waals surface area (Å²) in [7, 11) is 1.60. The number of hydrogen-bond donors (Lipinski definition) is 0. The van der Waals surface area contributed by atoms with Crippen LogP contribution in [0.4, 0.5) is 0 Å². The van der Waals surface area contributed by atoms with Crippen LogP contribution in [-0.2, 0) is 0 Å². The maximum atomic E-state index is 11.7. The van der Waals surface area contributed by atoms with Crippen molar-refractivity contribution < 1.29 is 39.1 Å². The molecule has 6 heteroatoms. The Morgan fingerprint density at radius 2 is 1.75 bits per heavy atom. The molecular formula is C18H12N3NaO2. The van der Waals surface area contributed by atoms with Crippen molar-refractivity contribution in [3.8, 4) is 5.75 Å². The predicted molar refractivity (Wildman–Crippen MR) is 89.8 cm³/mol. The first kappa shape index (κ1) is 16.6. The van der Waals surface area contributed by atoms with Gasteiger partial charge in [0.15, 0.2) is 0 Å². The van der Waals surface area contributed by atoms with Gasteiger partial charge in [-0.3, -0.25) is 0 Å².